The van der Waals surface area contributed by atoms with Crippen molar-refractivity contribution in [1.29, 1.82) is 0 Å². The van der Waals surface area contributed by atoms with E-state index in [9.17, 15) is 9.90 Å². The molecule has 0 aliphatic rings. The van der Waals surface area contributed by atoms with Gasteiger partial charge in [-0.25, -0.2) is 0 Å². The van der Waals surface area contributed by atoms with Crippen LogP contribution in [0.25, 0.3) is 0 Å². The molecule has 0 spiro atoms. The third-order valence-corrected chi connectivity index (χ3v) is 8.00. The molecule has 0 heterocycles. The van der Waals surface area contributed by atoms with Gasteiger partial charge in [-0.1, -0.05) is 174 Å². The highest BCUT2D eigenvalue weighted by Gasteiger charge is 2.12. The first kappa shape index (κ1) is 36.4. The molecule has 222 valence electrons. The molecular formula is C34H69NO2. The van der Waals surface area contributed by atoms with Crippen LogP contribution in [0, 0.1) is 0 Å². The fraction of sp³-hybridized carbons (Fsp3) is 0.971. The van der Waals surface area contributed by atoms with Crippen LogP contribution in [0.1, 0.15) is 194 Å². The van der Waals surface area contributed by atoms with Crippen molar-refractivity contribution in [3.05, 3.63) is 0 Å². The minimum atomic E-state index is 0.0862. The Bertz CT molecular complexity index is 440. The number of nitrogens with zero attached hydrogens (tertiary/aromatic N) is 1. The molecule has 0 radical (unpaired) electrons. The van der Waals surface area contributed by atoms with Crippen molar-refractivity contribution < 1.29 is 9.90 Å². The van der Waals surface area contributed by atoms with Gasteiger partial charge in [-0.3, -0.25) is 4.79 Å². The zero-order valence-corrected chi connectivity index (χ0v) is 25.7. The maximum Gasteiger partial charge on any atom is 0.222 e. The van der Waals surface area contributed by atoms with Crippen LogP contribution in [0.4, 0.5) is 0 Å². The van der Waals surface area contributed by atoms with E-state index in [2.05, 4.69) is 13.8 Å². The number of rotatable bonds is 31. The van der Waals surface area contributed by atoms with Crippen molar-refractivity contribution in [2.24, 2.45) is 0 Å². The number of aliphatic hydroxyl groups is 1. The predicted octanol–water partition coefficient (Wildman–Crippen LogP) is 10.8. The molecule has 37 heavy (non-hydrogen) atoms. The average Bonchev–Trinajstić information content (AvgIpc) is 2.90. The zero-order valence-electron chi connectivity index (χ0n) is 25.7. The standard InChI is InChI=1S/C34H69NO2/c1-3-5-7-9-11-13-15-17-18-19-20-22-24-26-28-30-34(37)35(32-33-36)31-29-27-25-23-21-16-14-12-10-8-6-4-2/h36H,3-33H2,1-2H3. The topological polar surface area (TPSA) is 40.5 Å². The minimum absolute atomic E-state index is 0.0862. The summed E-state index contributed by atoms with van der Waals surface area (Å²) in [4.78, 5) is 14.5. The molecule has 0 aliphatic heterocycles. The first-order chi connectivity index (χ1) is 18.3. The highest BCUT2D eigenvalue weighted by Crippen LogP contribution is 2.15. The van der Waals surface area contributed by atoms with Crippen molar-refractivity contribution in [1.82, 2.24) is 4.90 Å². The van der Waals surface area contributed by atoms with Gasteiger partial charge in [-0.15, -0.1) is 0 Å². The summed E-state index contributed by atoms with van der Waals surface area (Å²) in [6.07, 6.45) is 37.0. The molecule has 0 aromatic heterocycles. The van der Waals surface area contributed by atoms with Gasteiger partial charge in [0, 0.05) is 19.5 Å². The number of aliphatic hydroxyl groups excluding tert-OH is 1. The number of hydrogen-bond donors (Lipinski definition) is 1. The molecule has 0 aliphatic carbocycles. The van der Waals surface area contributed by atoms with Crippen molar-refractivity contribution in [2.75, 3.05) is 19.7 Å². The molecule has 0 aromatic rings. The molecule has 0 unspecified atom stereocenters. The van der Waals surface area contributed by atoms with E-state index in [0.29, 0.717) is 13.0 Å². The first-order valence-corrected chi connectivity index (χ1v) is 17.1. The molecule has 0 aromatic carbocycles. The van der Waals surface area contributed by atoms with E-state index >= 15 is 0 Å². The third-order valence-electron chi connectivity index (χ3n) is 8.00. The molecule has 1 amide bonds. The highest BCUT2D eigenvalue weighted by molar-refractivity contribution is 5.76. The molecule has 1 N–H and O–H groups in total. The monoisotopic (exact) mass is 524 g/mol. The zero-order chi connectivity index (χ0) is 27.1. The molecule has 0 saturated heterocycles. The van der Waals surface area contributed by atoms with E-state index in [1.54, 1.807) is 0 Å². The maximum absolute atomic E-state index is 12.6. The number of amides is 1. The van der Waals surface area contributed by atoms with Crippen LogP contribution in [-0.2, 0) is 4.79 Å². The van der Waals surface area contributed by atoms with Gasteiger partial charge < -0.3 is 10.0 Å². The third kappa shape index (κ3) is 28.3. The first-order valence-electron chi connectivity index (χ1n) is 17.1. The summed E-state index contributed by atoms with van der Waals surface area (Å²) >= 11 is 0. The second kappa shape index (κ2) is 31.6. The van der Waals surface area contributed by atoms with Crippen molar-refractivity contribution in [3.63, 3.8) is 0 Å². The van der Waals surface area contributed by atoms with Gasteiger partial charge in [0.2, 0.25) is 5.91 Å². The Morgan fingerprint density at radius 2 is 0.730 bits per heavy atom. The van der Waals surface area contributed by atoms with Gasteiger partial charge in [0.15, 0.2) is 0 Å². The molecule has 0 fully saturated rings. The Hall–Kier alpha value is -0.570. The van der Waals surface area contributed by atoms with Gasteiger partial charge in [0.05, 0.1) is 6.61 Å². The van der Waals surface area contributed by atoms with Crippen LogP contribution in [0.5, 0.6) is 0 Å². The average molecular weight is 524 g/mol. The number of hydrogen-bond acceptors (Lipinski definition) is 2. The second-order valence-corrected chi connectivity index (χ2v) is 11.7. The number of carbonyl (C=O) groups excluding carboxylic acids is 1. The molecule has 0 saturated carbocycles. The van der Waals surface area contributed by atoms with E-state index in [1.807, 2.05) is 4.90 Å². The summed E-state index contributed by atoms with van der Waals surface area (Å²) in [5.74, 6) is 0.256. The fourth-order valence-corrected chi connectivity index (χ4v) is 5.43. The smallest absolute Gasteiger partial charge is 0.222 e. The van der Waals surface area contributed by atoms with E-state index in [-0.39, 0.29) is 12.5 Å². The predicted molar refractivity (Wildman–Crippen MR) is 164 cm³/mol. The summed E-state index contributed by atoms with van der Waals surface area (Å²) in [6, 6.07) is 0. The lowest BCUT2D eigenvalue weighted by molar-refractivity contribution is -0.131. The van der Waals surface area contributed by atoms with Gasteiger partial charge in [-0.05, 0) is 12.8 Å². The molecular weight excluding hydrogens is 454 g/mol. The van der Waals surface area contributed by atoms with Crippen molar-refractivity contribution in [3.8, 4) is 0 Å². The fourth-order valence-electron chi connectivity index (χ4n) is 5.43. The van der Waals surface area contributed by atoms with Crippen molar-refractivity contribution >= 4 is 5.91 Å². The quantitative estimate of drug-likeness (QED) is 0.0918. The lowest BCUT2D eigenvalue weighted by atomic mass is 10.0. The minimum Gasteiger partial charge on any atom is -0.395 e. The summed E-state index contributed by atoms with van der Waals surface area (Å²) in [5, 5.41) is 9.39. The van der Waals surface area contributed by atoms with E-state index in [0.717, 1.165) is 19.4 Å². The molecule has 0 atom stereocenters. The molecule has 3 nitrogen and oxygen atoms in total. The van der Waals surface area contributed by atoms with E-state index < -0.39 is 0 Å². The van der Waals surface area contributed by atoms with E-state index in [1.165, 1.54) is 161 Å². The molecule has 3 heteroatoms. The Labute approximate surface area is 233 Å². The Kier molecular flexibility index (Phi) is 31.2. The summed E-state index contributed by atoms with van der Waals surface area (Å²) < 4.78 is 0. The largest absolute Gasteiger partial charge is 0.395 e. The van der Waals surface area contributed by atoms with Gasteiger partial charge in [-0.2, -0.15) is 0 Å². The summed E-state index contributed by atoms with van der Waals surface area (Å²) in [7, 11) is 0. The Morgan fingerprint density at radius 1 is 0.432 bits per heavy atom. The Balaban J connectivity index is 3.52. The van der Waals surface area contributed by atoms with Crippen LogP contribution in [0.3, 0.4) is 0 Å². The van der Waals surface area contributed by atoms with Crippen LogP contribution in [0.2, 0.25) is 0 Å². The molecule has 0 rings (SSSR count). The number of carbonyl (C=O) groups is 1. The van der Waals surface area contributed by atoms with E-state index in [4.69, 9.17) is 0 Å². The van der Waals surface area contributed by atoms with Gasteiger partial charge in [0.1, 0.15) is 0 Å². The number of unbranched alkanes of at least 4 members (excludes halogenated alkanes) is 25. The van der Waals surface area contributed by atoms with Crippen LogP contribution in [0.15, 0.2) is 0 Å². The highest BCUT2D eigenvalue weighted by atomic mass is 16.3. The van der Waals surface area contributed by atoms with Gasteiger partial charge >= 0.3 is 0 Å². The maximum atomic E-state index is 12.6. The Morgan fingerprint density at radius 3 is 1.05 bits per heavy atom. The summed E-state index contributed by atoms with van der Waals surface area (Å²) in [5.41, 5.74) is 0. The second-order valence-electron chi connectivity index (χ2n) is 11.7. The van der Waals surface area contributed by atoms with Crippen molar-refractivity contribution in [2.45, 2.75) is 194 Å². The lowest BCUT2D eigenvalue weighted by Gasteiger charge is -2.22. The normalized spacial score (nSPS) is 11.3. The molecule has 0 bridgehead atoms. The van der Waals surface area contributed by atoms with Crippen LogP contribution < -0.4 is 0 Å². The summed E-state index contributed by atoms with van der Waals surface area (Å²) in [6.45, 7) is 5.99. The van der Waals surface area contributed by atoms with Crippen LogP contribution >= 0.6 is 0 Å². The lowest BCUT2D eigenvalue weighted by Crippen LogP contribution is -2.34. The van der Waals surface area contributed by atoms with Gasteiger partial charge in [0.25, 0.3) is 0 Å². The van der Waals surface area contributed by atoms with Crippen LogP contribution in [-0.4, -0.2) is 35.6 Å². The SMILES string of the molecule is CCCCCCCCCCCCCCCCCC(=O)N(CCO)CCCCCCCCCCCCCC.